The van der Waals surface area contributed by atoms with Crippen LogP contribution >= 0.6 is 0 Å². The highest BCUT2D eigenvalue weighted by molar-refractivity contribution is 5.96. The van der Waals surface area contributed by atoms with Crippen LogP contribution in [0.15, 0.2) is 11.8 Å². The molecule has 0 spiro atoms. The quantitative estimate of drug-likeness (QED) is 0.589. The molecule has 0 fully saturated rings. The molecule has 5 heteroatoms. The molecule has 78 valence electrons. The van der Waals surface area contributed by atoms with Gasteiger partial charge in [-0.2, -0.15) is 10.4 Å². The zero-order valence-corrected chi connectivity index (χ0v) is 8.56. The molecule has 0 radical (unpaired) electrons. The number of nitriles is 1. The van der Waals surface area contributed by atoms with Crippen molar-refractivity contribution in [2.45, 2.75) is 13.3 Å². The number of rotatable bonds is 3. The van der Waals surface area contributed by atoms with Gasteiger partial charge >= 0.3 is 5.97 Å². The summed E-state index contributed by atoms with van der Waals surface area (Å²) in [5, 5.41) is 21.4. The van der Waals surface area contributed by atoms with Gasteiger partial charge in [0.25, 0.3) is 0 Å². The Bertz CT molecular complexity index is 452. The maximum atomic E-state index is 10.6. The second kappa shape index (κ2) is 4.42. The summed E-state index contributed by atoms with van der Waals surface area (Å²) >= 11 is 0. The second-order valence-electron chi connectivity index (χ2n) is 3.03. The van der Waals surface area contributed by atoms with Crippen LogP contribution in [0.5, 0.6) is 0 Å². The van der Waals surface area contributed by atoms with E-state index in [1.165, 1.54) is 6.08 Å². The van der Waals surface area contributed by atoms with Gasteiger partial charge in [-0.25, -0.2) is 4.79 Å². The van der Waals surface area contributed by atoms with Crippen molar-refractivity contribution in [3.8, 4) is 6.07 Å². The Balaban J connectivity index is 3.17. The molecule has 1 aromatic heterocycles. The Morgan fingerprint density at radius 2 is 2.47 bits per heavy atom. The molecule has 0 aliphatic heterocycles. The lowest BCUT2D eigenvalue weighted by molar-refractivity contribution is -0.132. The van der Waals surface area contributed by atoms with Crippen molar-refractivity contribution in [3.63, 3.8) is 0 Å². The molecule has 0 unspecified atom stereocenters. The van der Waals surface area contributed by atoms with Gasteiger partial charge in [0.15, 0.2) is 0 Å². The average molecular weight is 205 g/mol. The van der Waals surface area contributed by atoms with Crippen LogP contribution in [0.3, 0.4) is 0 Å². The van der Waals surface area contributed by atoms with Crippen molar-refractivity contribution in [3.05, 3.63) is 23.0 Å². The fourth-order valence-corrected chi connectivity index (χ4v) is 1.25. The monoisotopic (exact) mass is 205 g/mol. The van der Waals surface area contributed by atoms with Crippen LogP contribution in [0.2, 0.25) is 0 Å². The number of aromatic nitrogens is 2. The van der Waals surface area contributed by atoms with Crippen molar-refractivity contribution in [2.24, 2.45) is 7.05 Å². The largest absolute Gasteiger partial charge is 0.477 e. The molecule has 5 nitrogen and oxygen atoms in total. The molecule has 0 aliphatic carbocycles. The Morgan fingerprint density at radius 1 is 1.80 bits per heavy atom. The minimum atomic E-state index is -1.22. The fourth-order valence-electron chi connectivity index (χ4n) is 1.25. The van der Waals surface area contributed by atoms with Crippen molar-refractivity contribution in [1.82, 2.24) is 9.78 Å². The lowest BCUT2D eigenvalue weighted by Crippen LogP contribution is -1.97. The van der Waals surface area contributed by atoms with E-state index in [4.69, 9.17) is 10.4 Å². The van der Waals surface area contributed by atoms with Crippen LogP contribution in [-0.4, -0.2) is 20.9 Å². The van der Waals surface area contributed by atoms with Gasteiger partial charge in [0.2, 0.25) is 0 Å². The summed E-state index contributed by atoms with van der Waals surface area (Å²) in [7, 11) is 1.75. The zero-order valence-electron chi connectivity index (χ0n) is 8.56. The predicted octanol–water partition coefficient (Wildman–Crippen LogP) is 0.974. The third-order valence-corrected chi connectivity index (χ3v) is 1.92. The molecule has 15 heavy (non-hydrogen) atoms. The molecule has 1 aromatic rings. The van der Waals surface area contributed by atoms with E-state index in [0.717, 1.165) is 5.69 Å². The minimum absolute atomic E-state index is 0.280. The number of nitrogens with zero attached hydrogens (tertiary/aromatic N) is 3. The highest BCUT2D eigenvalue weighted by Crippen LogP contribution is 2.12. The summed E-state index contributed by atoms with van der Waals surface area (Å²) in [4.78, 5) is 10.6. The summed E-state index contributed by atoms with van der Waals surface area (Å²) in [6.45, 7) is 1.92. The van der Waals surface area contributed by atoms with E-state index in [2.05, 4.69) is 5.10 Å². The molecule has 0 atom stereocenters. The molecule has 1 N–H and O–H groups in total. The summed E-state index contributed by atoms with van der Waals surface area (Å²) in [6, 6.07) is 1.64. The number of aryl methyl sites for hydroxylation is 2. The van der Waals surface area contributed by atoms with Gasteiger partial charge < -0.3 is 5.11 Å². The van der Waals surface area contributed by atoms with Gasteiger partial charge in [0.1, 0.15) is 11.6 Å². The molecule has 1 heterocycles. The molecule has 0 saturated heterocycles. The summed E-state index contributed by atoms with van der Waals surface area (Å²) in [5.74, 6) is -1.22. The molecule has 0 aliphatic rings. The minimum Gasteiger partial charge on any atom is -0.477 e. The smallest absolute Gasteiger partial charge is 0.346 e. The van der Waals surface area contributed by atoms with Gasteiger partial charge in [0.05, 0.1) is 5.69 Å². The first-order valence-electron chi connectivity index (χ1n) is 4.46. The van der Waals surface area contributed by atoms with Gasteiger partial charge in [-0.3, -0.25) is 4.68 Å². The molecule has 1 rings (SSSR count). The van der Waals surface area contributed by atoms with Crippen molar-refractivity contribution < 1.29 is 9.90 Å². The van der Waals surface area contributed by atoms with Gasteiger partial charge in [-0.1, -0.05) is 6.92 Å². The van der Waals surface area contributed by atoms with Crippen LogP contribution in [0.1, 0.15) is 18.2 Å². The Kier molecular flexibility index (Phi) is 3.24. The second-order valence-corrected chi connectivity index (χ2v) is 3.03. The predicted molar refractivity (Wildman–Crippen MR) is 53.8 cm³/mol. The first kappa shape index (κ1) is 11.0. The number of carbonyl (C=O) groups is 1. The van der Waals surface area contributed by atoms with Crippen LogP contribution in [0.4, 0.5) is 0 Å². The third-order valence-electron chi connectivity index (χ3n) is 1.92. The van der Waals surface area contributed by atoms with E-state index in [0.29, 0.717) is 12.0 Å². The lowest BCUT2D eigenvalue weighted by Gasteiger charge is -1.92. The zero-order chi connectivity index (χ0) is 11.4. The first-order valence-corrected chi connectivity index (χ1v) is 4.46. The summed E-state index contributed by atoms with van der Waals surface area (Å²) in [5.41, 5.74) is 1.18. The van der Waals surface area contributed by atoms with Crippen molar-refractivity contribution in [2.75, 3.05) is 0 Å². The topological polar surface area (TPSA) is 78.9 Å². The van der Waals surface area contributed by atoms with Gasteiger partial charge in [0, 0.05) is 18.8 Å². The summed E-state index contributed by atoms with van der Waals surface area (Å²) in [6.07, 6.45) is 3.73. The highest BCUT2D eigenvalue weighted by Gasteiger charge is 2.09. The molecule has 0 bridgehead atoms. The number of carboxylic acids is 1. The van der Waals surface area contributed by atoms with Gasteiger partial charge in [-0.15, -0.1) is 0 Å². The maximum Gasteiger partial charge on any atom is 0.346 e. The standard InChI is InChI=1S/C10H11N3O2/c1-3-9-8(6-13(2)12-9)4-7(5-11)10(14)15/h4,6H,3H2,1-2H3,(H,14,15)/b7-4-. The molecule has 0 aromatic carbocycles. The molecule has 0 saturated carbocycles. The van der Waals surface area contributed by atoms with Crippen molar-refractivity contribution >= 4 is 12.0 Å². The number of aliphatic carboxylic acids is 1. The number of hydrogen-bond acceptors (Lipinski definition) is 3. The van der Waals surface area contributed by atoms with Crippen LogP contribution in [0, 0.1) is 11.3 Å². The normalized spacial score (nSPS) is 11.1. The maximum absolute atomic E-state index is 10.6. The highest BCUT2D eigenvalue weighted by atomic mass is 16.4. The van der Waals surface area contributed by atoms with Crippen LogP contribution in [-0.2, 0) is 18.3 Å². The summed E-state index contributed by atoms with van der Waals surface area (Å²) < 4.78 is 1.60. The van der Waals surface area contributed by atoms with Crippen LogP contribution in [0.25, 0.3) is 6.08 Å². The fraction of sp³-hybridized carbons (Fsp3) is 0.300. The average Bonchev–Trinajstić information content (AvgIpc) is 2.54. The number of carboxylic acid groups (broad SMARTS) is 1. The number of hydrogen-bond donors (Lipinski definition) is 1. The van der Waals surface area contributed by atoms with Crippen molar-refractivity contribution in [1.29, 1.82) is 5.26 Å². The van der Waals surface area contributed by atoms with Crippen LogP contribution < -0.4 is 0 Å². The molecule has 0 amide bonds. The first-order chi connectivity index (χ1) is 7.08. The van der Waals surface area contributed by atoms with E-state index in [1.54, 1.807) is 24.0 Å². The van der Waals surface area contributed by atoms with Gasteiger partial charge in [-0.05, 0) is 12.5 Å². The Hall–Kier alpha value is -2.09. The third kappa shape index (κ3) is 2.44. The van der Waals surface area contributed by atoms with E-state index >= 15 is 0 Å². The van der Waals surface area contributed by atoms with E-state index in [1.807, 2.05) is 6.92 Å². The Labute approximate surface area is 87.3 Å². The SMILES string of the molecule is CCc1nn(C)cc1/C=C(/C#N)C(=O)O. The van der Waals surface area contributed by atoms with E-state index < -0.39 is 5.97 Å². The lowest BCUT2D eigenvalue weighted by atomic mass is 10.1. The molecular weight excluding hydrogens is 194 g/mol. The molecular formula is C10H11N3O2. The Morgan fingerprint density at radius 3 is 2.93 bits per heavy atom. The van der Waals surface area contributed by atoms with E-state index in [-0.39, 0.29) is 5.57 Å². The van der Waals surface area contributed by atoms with E-state index in [9.17, 15) is 4.79 Å².